The zero-order valence-corrected chi connectivity index (χ0v) is 16.0. The van der Waals surface area contributed by atoms with Crippen molar-refractivity contribution in [3.05, 3.63) is 65.4 Å². The van der Waals surface area contributed by atoms with Crippen molar-refractivity contribution in [2.75, 3.05) is 5.75 Å². The van der Waals surface area contributed by atoms with Gasteiger partial charge in [-0.2, -0.15) is 8.78 Å². The van der Waals surface area contributed by atoms with Crippen LogP contribution in [-0.4, -0.2) is 33.0 Å². The monoisotopic (exact) mass is 424 g/mol. The van der Waals surface area contributed by atoms with E-state index in [4.69, 9.17) is 11.6 Å². The molecule has 0 bridgehead atoms. The smallest absolute Gasteiger partial charge is 0.387 e. The van der Waals surface area contributed by atoms with Crippen LogP contribution in [0.1, 0.15) is 5.56 Å². The van der Waals surface area contributed by atoms with Gasteiger partial charge in [0.25, 0.3) is 0 Å². The fourth-order valence-corrected chi connectivity index (χ4v) is 3.30. The van der Waals surface area contributed by atoms with Crippen molar-refractivity contribution >= 4 is 29.3 Å². The molecule has 1 N–H and O–H groups in total. The van der Waals surface area contributed by atoms with Gasteiger partial charge in [0.2, 0.25) is 5.91 Å². The Bertz CT molecular complexity index is 955. The zero-order valence-electron chi connectivity index (χ0n) is 14.4. The molecule has 0 aliphatic carbocycles. The van der Waals surface area contributed by atoms with E-state index in [0.717, 1.165) is 5.69 Å². The van der Waals surface area contributed by atoms with Gasteiger partial charge in [0, 0.05) is 17.1 Å². The number of nitrogens with one attached hydrogen (secondary N) is 1. The number of alkyl halides is 2. The van der Waals surface area contributed by atoms with Crippen molar-refractivity contribution < 1.29 is 18.3 Å². The van der Waals surface area contributed by atoms with Crippen LogP contribution in [0.15, 0.2) is 60.0 Å². The lowest BCUT2D eigenvalue weighted by molar-refractivity contribution is -0.118. The maximum Gasteiger partial charge on any atom is 0.387 e. The summed E-state index contributed by atoms with van der Waals surface area (Å²) in [6.45, 7) is -2.85. The minimum atomic E-state index is -2.93. The third kappa shape index (κ3) is 5.43. The first-order valence-corrected chi connectivity index (χ1v) is 9.47. The molecule has 10 heteroatoms. The summed E-state index contributed by atoms with van der Waals surface area (Å²) in [6, 6.07) is 13.5. The highest BCUT2D eigenvalue weighted by Crippen LogP contribution is 2.22. The molecule has 0 spiro atoms. The van der Waals surface area contributed by atoms with Crippen molar-refractivity contribution in [1.82, 2.24) is 20.1 Å². The van der Waals surface area contributed by atoms with Crippen LogP contribution in [0.3, 0.4) is 0 Å². The Kier molecular flexibility index (Phi) is 6.83. The Morgan fingerprint density at radius 2 is 2.07 bits per heavy atom. The van der Waals surface area contributed by atoms with E-state index in [9.17, 15) is 13.6 Å². The van der Waals surface area contributed by atoms with Gasteiger partial charge < -0.3 is 10.1 Å². The van der Waals surface area contributed by atoms with Gasteiger partial charge in [0.05, 0.1) is 11.4 Å². The normalized spacial score (nSPS) is 10.9. The fourth-order valence-electron chi connectivity index (χ4n) is 2.36. The van der Waals surface area contributed by atoms with E-state index >= 15 is 0 Å². The molecular weight excluding hydrogens is 410 g/mol. The summed E-state index contributed by atoms with van der Waals surface area (Å²) < 4.78 is 31.1. The molecule has 1 heterocycles. The van der Waals surface area contributed by atoms with E-state index in [0.29, 0.717) is 15.7 Å². The number of aromatic nitrogens is 3. The lowest BCUT2D eigenvalue weighted by atomic mass is 10.2. The van der Waals surface area contributed by atoms with Gasteiger partial charge in [-0.25, -0.2) is 0 Å². The molecule has 3 rings (SSSR count). The minimum absolute atomic E-state index is 0.0335. The number of amides is 1. The van der Waals surface area contributed by atoms with E-state index in [1.807, 2.05) is 6.07 Å². The number of halogens is 3. The largest absolute Gasteiger partial charge is 0.434 e. The highest BCUT2D eigenvalue weighted by atomic mass is 35.5. The van der Waals surface area contributed by atoms with Crippen molar-refractivity contribution in [3.63, 3.8) is 0 Å². The number of nitrogens with zero attached hydrogens (tertiary/aromatic N) is 3. The molecule has 146 valence electrons. The SMILES string of the molecule is O=C(CSc1nncn1-c1cccc(Cl)c1)NCc1ccccc1OC(F)F. The number of benzene rings is 2. The summed E-state index contributed by atoms with van der Waals surface area (Å²) in [5, 5.41) is 11.7. The maximum absolute atomic E-state index is 12.4. The van der Waals surface area contributed by atoms with Crippen molar-refractivity contribution in [3.8, 4) is 11.4 Å². The van der Waals surface area contributed by atoms with Gasteiger partial charge in [0.15, 0.2) is 5.16 Å². The molecule has 0 aliphatic heterocycles. The molecule has 1 amide bonds. The lowest BCUT2D eigenvalue weighted by Crippen LogP contribution is -2.25. The molecule has 0 radical (unpaired) electrons. The number of hydrogen-bond donors (Lipinski definition) is 1. The molecule has 0 atom stereocenters. The molecule has 3 aromatic rings. The molecule has 0 fully saturated rings. The van der Waals surface area contributed by atoms with E-state index in [-0.39, 0.29) is 24.0 Å². The number of para-hydroxylation sites is 1. The van der Waals surface area contributed by atoms with Crippen molar-refractivity contribution in [2.45, 2.75) is 18.3 Å². The van der Waals surface area contributed by atoms with Gasteiger partial charge in [-0.15, -0.1) is 10.2 Å². The van der Waals surface area contributed by atoms with Crippen LogP contribution in [0.4, 0.5) is 8.78 Å². The molecule has 2 aromatic carbocycles. The number of carbonyl (C=O) groups is 1. The number of carbonyl (C=O) groups excluding carboxylic acids is 1. The van der Waals surface area contributed by atoms with Crippen LogP contribution in [0.25, 0.3) is 5.69 Å². The van der Waals surface area contributed by atoms with E-state index in [2.05, 4.69) is 20.3 Å². The minimum Gasteiger partial charge on any atom is -0.434 e. The topological polar surface area (TPSA) is 69.0 Å². The molecule has 6 nitrogen and oxygen atoms in total. The molecule has 1 aromatic heterocycles. The van der Waals surface area contributed by atoms with Gasteiger partial charge in [0.1, 0.15) is 12.1 Å². The van der Waals surface area contributed by atoms with Crippen LogP contribution in [0, 0.1) is 0 Å². The van der Waals surface area contributed by atoms with Crippen LogP contribution in [0.2, 0.25) is 5.02 Å². The number of hydrogen-bond acceptors (Lipinski definition) is 5. The quantitative estimate of drug-likeness (QED) is 0.555. The van der Waals surface area contributed by atoms with E-state index < -0.39 is 6.61 Å². The van der Waals surface area contributed by atoms with Gasteiger partial charge >= 0.3 is 6.61 Å². The van der Waals surface area contributed by atoms with Crippen molar-refractivity contribution in [2.24, 2.45) is 0 Å². The van der Waals surface area contributed by atoms with Crippen LogP contribution >= 0.6 is 23.4 Å². The Morgan fingerprint density at radius 1 is 1.25 bits per heavy atom. The Morgan fingerprint density at radius 3 is 2.86 bits per heavy atom. The fraction of sp³-hybridized carbons (Fsp3) is 0.167. The lowest BCUT2D eigenvalue weighted by Gasteiger charge is -2.11. The summed E-state index contributed by atoms with van der Waals surface area (Å²) in [5.41, 5.74) is 1.24. The van der Waals surface area contributed by atoms with Gasteiger partial charge in [-0.05, 0) is 24.3 Å². The van der Waals surface area contributed by atoms with Crippen LogP contribution in [-0.2, 0) is 11.3 Å². The summed E-state index contributed by atoms with van der Waals surface area (Å²) >= 11 is 7.20. The van der Waals surface area contributed by atoms with E-state index in [1.165, 1.54) is 24.2 Å². The van der Waals surface area contributed by atoms with E-state index in [1.54, 1.807) is 41.0 Å². The van der Waals surface area contributed by atoms with Gasteiger partial charge in [-0.3, -0.25) is 9.36 Å². The second-order valence-electron chi connectivity index (χ2n) is 5.52. The summed E-state index contributed by atoms with van der Waals surface area (Å²) in [6.07, 6.45) is 1.53. The zero-order chi connectivity index (χ0) is 19.9. The molecule has 0 aliphatic rings. The highest BCUT2D eigenvalue weighted by molar-refractivity contribution is 7.99. The number of ether oxygens (including phenoxy) is 1. The molecule has 0 saturated heterocycles. The second-order valence-corrected chi connectivity index (χ2v) is 6.89. The molecule has 28 heavy (non-hydrogen) atoms. The van der Waals surface area contributed by atoms with Crippen LogP contribution < -0.4 is 10.1 Å². The predicted octanol–water partition coefficient (Wildman–Crippen LogP) is 3.93. The summed E-state index contributed by atoms with van der Waals surface area (Å²) in [5.74, 6) is -0.166. The van der Waals surface area contributed by atoms with Crippen LogP contribution in [0.5, 0.6) is 5.75 Å². The van der Waals surface area contributed by atoms with Crippen molar-refractivity contribution in [1.29, 1.82) is 0 Å². The standard InChI is InChI=1S/C18H15ClF2N4O2S/c19-13-5-3-6-14(8-13)25-11-23-24-18(25)28-10-16(26)22-9-12-4-1-2-7-15(12)27-17(20)21/h1-8,11,17H,9-10H2,(H,22,26). The first-order valence-electron chi connectivity index (χ1n) is 8.11. The Balaban J connectivity index is 1.57. The predicted molar refractivity (Wildman–Crippen MR) is 102 cm³/mol. The third-order valence-electron chi connectivity index (χ3n) is 3.60. The Labute approximate surface area is 168 Å². The summed E-state index contributed by atoms with van der Waals surface area (Å²) in [4.78, 5) is 12.1. The maximum atomic E-state index is 12.4. The summed E-state index contributed by atoms with van der Waals surface area (Å²) in [7, 11) is 0. The number of rotatable bonds is 8. The first kappa shape index (κ1) is 20.1. The number of thioether (sulfide) groups is 1. The second kappa shape index (κ2) is 9.52. The third-order valence-corrected chi connectivity index (χ3v) is 4.78. The molecular formula is C18H15ClF2N4O2S. The molecule has 0 saturated carbocycles. The Hall–Kier alpha value is -2.65. The van der Waals surface area contributed by atoms with Gasteiger partial charge in [-0.1, -0.05) is 47.6 Å². The molecule has 0 unspecified atom stereocenters. The average Bonchev–Trinajstić information content (AvgIpc) is 3.14. The first-order chi connectivity index (χ1) is 13.5. The highest BCUT2D eigenvalue weighted by Gasteiger charge is 2.12. The average molecular weight is 425 g/mol.